The summed E-state index contributed by atoms with van der Waals surface area (Å²) >= 11 is 0. The van der Waals surface area contributed by atoms with Gasteiger partial charge in [-0.25, -0.2) is 9.97 Å². The zero-order valence-corrected chi connectivity index (χ0v) is 15.8. The molecule has 7 nitrogen and oxygen atoms in total. The Morgan fingerprint density at radius 3 is 2.37 bits per heavy atom. The second-order valence-electron chi connectivity index (χ2n) is 5.87. The van der Waals surface area contributed by atoms with Gasteiger partial charge in [0.1, 0.15) is 11.5 Å². The van der Waals surface area contributed by atoms with Gasteiger partial charge in [-0.3, -0.25) is 0 Å². The van der Waals surface area contributed by atoms with Gasteiger partial charge in [0.2, 0.25) is 11.8 Å². The van der Waals surface area contributed by atoms with Crippen molar-refractivity contribution in [3.8, 4) is 17.4 Å². The molecule has 0 bridgehead atoms. The van der Waals surface area contributed by atoms with Crippen molar-refractivity contribution in [2.75, 3.05) is 12.4 Å². The topological polar surface area (TPSA) is 82.1 Å². The molecule has 0 saturated carbocycles. The van der Waals surface area contributed by atoms with Crippen LogP contribution in [0.25, 0.3) is 0 Å². The molecule has 7 heteroatoms. The molecule has 0 aliphatic heterocycles. The molecule has 0 aliphatic rings. The summed E-state index contributed by atoms with van der Waals surface area (Å²) in [5.74, 6) is 2.53. The first-order chi connectivity index (χ1) is 13.2. The molecular weight excluding hydrogens is 342 g/mol. The maximum absolute atomic E-state index is 5.80. The van der Waals surface area contributed by atoms with E-state index in [1.807, 2.05) is 36.4 Å². The summed E-state index contributed by atoms with van der Waals surface area (Å²) in [6.07, 6.45) is 3.38. The highest BCUT2D eigenvalue weighted by Gasteiger charge is 2.07. The zero-order chi connectivity index (χ0) is 19.1. The summed E-state index contributed by atoms with van der Waals surface area (Å²) in [4.78, 5) is 8.80. The third kappa shape index (κ3) is 4.91. The standard InChI is InChI=1S/C20H23N5O2/c1-4-17-18(5-2)24-25-20(23-17)22-13-14-10-11-21-19(12-14)27-16-8-6-15(26-3)7-9-16/h6-12H,4-5,13H2,1-3H3,(H,22,23,25). The largest absolute Gasteiger partial charge is 0.497 e. The van der Waals surface area contributed by atoms with Crippen LogP contribution in [0.15, 0.2) is 42.6 Å². The number of pyridine rings is 1. The summed E-state index contributed by atoms with van der Waals surface area (Å²) < 4.78 is 10.9. The maximum Gasteiger partial charge on any atom is 0.243 e. The van der Waals surface area contributed by atoms with E-state index in [0.717, 1.165) is 35.5 Å². The molecule has 0 aliphatic carbocycles. The van der Waals surface area contributed by atoms with Crippen LogP contribution < -0.4 is 14.8 Å². The van der Waals surface area contributed by atoms with Gasteiger partial charge in [-0.2, -0.15) is 5.10 Å². The highest BCUT2D eigenvalue weighted by molar-refractivity contribution is 5.35. The van der Waals surface area contributed by atoms with Crippen LogP contribution in [0.1, 0.15) is 30.8 Å². The van der Waals surface area contributed by atoms with Gasteiger partial charge in [-0.15, -0.1) is 5.10 Å². The van der Waals surface area contributed by atoms with Gasteiger partial charge in [-0.05, 0) is 48.7 Å². The Hall–Kier alpha value is -3.22. The van der Waals surface area contributed by atoms with Crippen molar-refractivity contribution in [1.29, 1.82) is 0 Å². The molecule has 0 unspecified atom stereocenters. The summed E-state index contributed by atoms with van der Waals surface area (Å²) in [5.41, 5.74) is 2.94. The van der Waals surface area contributed by atoms with Gasteiger partial charge in [0.05, 0.1) is 18.5 Å². The Balaban J connectivity index is 1.65. The molecule has 1 aromatic carbocycles. The first-order valence-electron chi connectivity index (χ1n) is 8.95. The average Bonchev–Trinajstić information content (AvgIpc) is 2.73. The SMILES string of the molecule is CCc1nnc(NCc2ccnc(Oc3ccc(OC)cc3)c2)nc1CC. The summed E-state index contributed by atoms with van der Waals surface area (Å²) in [6.45, 7) is 4.68. The molecule has 3 rings (SSSR count). The molecule has 0 spiro atoms. The smallest absolute Gasteiger partial charge is 0.243 e. The minimum absolute atomic E-state index is 0.522. The summed E-state index contributed by atoms with van der Waals surface area (Å²) in [7, 11) is 1.63. The molecule has 0 radical (unpaired) electrons. The molecule has 1 N–H and O–H groups in total. The second-order valence-corrected chi connectivity index (χ2v) is 5.87. The van der Waals surface area contributed by atoms with Crippen molar-refractivity contribution < 1.29 is 9.47 Å². The van der Waals surface area contributed by atoms with Crippen LogP contribution in [0.2, 0.25) is 0 Å². The van der Waals surface area contributed by atoms with Gasteiger partial charge in [0.15, 0.2) is 0 Å². The number of benzene rings is 1. The van der Waals surface area contributed by atoms with E-state index in [4.69, 9.17) is 9.47 Å². The number of anilines is 1. The van der Waals surface area contributed by atoms with Crippen molar-refractivity contribution in [3.05, 3.63) is 59.5 Å². The van der Waals surface area contributed by atoms with Gasteiger partial charge >= 0.3 is 0 Å². The minimum atomic E-state index is 0.522. The molecule has 2 heterocycles. The van der Waals surface area contributed by atoms with Crippen molar-refractivity contribution >= 4 is 5.95 Å². The van der Waals surface area contributed by atoms with Crippen molar-refractivity contribution in [1.82, 2.24) is 20.2 Å². The first kappa shape index (κ1) is 18.6. The van der Waals surface area contributed by atoms with Gasteiger partial charge in [-0.1, -0.05) is 13.8 Å². The molecule has 0 fully saturated rings. The molecular formula is C20H23N5O2. The molecule has 0 saturated heterocycles. The lowest BCUT2D eigenvalue weighted by atomic mass is 10.2. The van der Waals surface area contributed by atoms with Crippen molar-refractivity contribution in [3.63, 3.8) is 0 Å². The highest BCUT2D eigenvalue weighted by Crippen LogP contribution is 2.23. The number of nitrogens with zero attached hydrogens (tertiary/aromatic N) is 4. The Bertz CT molecular complexity index is 884. The predicted octanol–water partition coefficient (Wildman–Crippen LogP) is 3.80. The monoisotopic (exact) mass is 365 g/mol. The number of hydrogen-bond acceptors (Lipinski definition) is 7. The van der Waals surface area contributed by atoms with Crippen molar-refractivity contribution in [2.45, 2.75) is 33.2 Å². The zero-order valence-electron chi connectivity index (χ0n) is 15.8. The van der Waals surface area contributed by atoms with E-state index >= 15 is 0 Å². The average molecular weight is 365 g/mol. The van der Waals surface area contributed by atoms with Crippen LogP contribution in [0.4, 0.5) is 5.95 Å². The second kappa shape index (κ2) is 8.93. The quantitative estimate of drug-likeness (QED) is 0.650. The van der Waals surface area contributed by atoms with Gasteiger partial charge in [0.25, 0.3) is 0 Å². The molecule has 0 atom stereocenters. The minimum Gasteiger partial charge on any atom is -0.497 e. The Labute approximate surface area is 158 Å². The number of aryl methyl sites for hydroxylation is 2. The lowest BCUT2D eigenvalue weighted by Crippen LogP contribution is -2.09. The number of rotatable bonds is 8. The predicted molar refractivity (Wildman–Crippen MR) is 103 cm³/mol. The third-order valence-corrected chi connectivity index (χ3v) is 4.04. The fraction of sp³-hybridized carbons (Fsp3) is 0.300. The third-order valence-electron chi connectivity index (χ3n) is 4.04. The van der Waals surface area contributed by atoms with E-state index in [1.54, 1.807) is 13.3 Å². The fourth-order valence-electron chi connectivity index (χ4n) is 2.57. The maximum atomic E-state index is 5.80. The van der Waals surface area contributed by atoms with E-state index in [-0.39, 0.29) is 0 Å². The number of methoxy groups -OCH3 is 1. The van der Waals surface area contributed by atoms with Crippen LogP contribution in [-0.2, 0) is 19.4 Å². The Morgan fingerprint density at radius 2 is 1.67 bits per heavy atom. The van der Waals surface area contributed by atoms with E-state index in [1.165, 1.54) is 0 Å². The van der Waals surface area contributed by atoms with Crippen LogP contribution in [0.3, 0.4) is 0 Å². The Morgan fingerprint density at radius 1 is 0.926 bits per heavy atom. The van der Waals surface area contributed by atoms with E-state index in [2.05, 4.69) is 39.3 Å². The van der Waals surface area contributed by atoms with E-state index in [9.17, 15) is 0 Å². The summed E-state index contributed by atoms with van der Waals surface area (Å²) in [6, 6.07) is 11.2. The Kier molecular flexibility index (Phi) is 6.14. The van der Waals surface area contributed by atoms with Gasteiger partial charge < -0.3 is 14.8 Å². The van der Waals surface area contributed by atoms with Gasteiger partial charge in [0, 0.05) is 18.8 Å². The number of nitrogens with one attached hydrogen (secondary N) is 1. The summed E-state index contributed by atoms with van der Waals surface area (Å²) in [5, 5.41) is 11.6. The van der Waals surface area contributed by atoms with Crippen LogP contribution in [-0.4, -0.2) is 27.3 Å². The molecule has 3 aromatic rings. The van der Waals surface area contributed by atoms with Crippen LogP contribution >= 0.6 is 0 Å². The molecule has 140 valence electrons. The van der Waals surface area contributed by atoms with Crippen molar-refractivity contribution in [2.24, 2.45) is 0 Å². The number of aromatic nitrogens is 4. The fourth-order valence-corrected chi connectivity index (χ4v) is 2.57. The molecule has 2 aromatic heterocycles. The van der Waals surface area contributed by atoms with E-state index in [0.29, 0.717) is 24.1 Å². The van der Waals surface area contributed by atoms with E-state index < -0.39 is 0 Å². The van der Waals surface area contributed by atoms with Crippen LogP contribution in [0.5, 0.6) is 17.4 Å². The highest BCUT2D eigenvalue weighted by atomic mass is 16.5. The lowest BCUT2D eigenvalue weighted by molar-refractivity contribution is 0.412. The number of hydrogen-bond donors (Lipinski definition) is 1. The normalized spacial score (nSPS) is 10.5. The first-order valence-corrected chi connectivity index (χ1v) is 8.95. The van der Waals surface area contributed by atoms with Crippen LogP contribution in [0, 0.1) is 0 Å². The molecule has 0 amide bonds. The number of ether oxygens (including phenoxy) is 2. The lowest BCUT2D eigenvalue weighted by Gasteiger charge is -2.09. The molecule has 27 heavy (non-hydrogen) atoms.